The van der Waals surface area contributed by atoms with Gasteiger partial charge < -0.3 is 15.6 Å². The maximum atomic E-state index is 10.9. The van der Waals surface area contributed by atoms with E-state index in [0.717, 1.165) is 10.6 Å². The number of aromatic nitrogens is 4. The summed E-state index contributed by atoms with van der Waals surface area (Å²) in [5.74, 6) is -2.09. The van der Waals surface area contributed by atoms with Crippen molar-refractivity contribution in [3.05, 3.63) is 22.2 Å². The number of anilines is 1. The molecule has 0 saturated heterocycles. The van der Waals surface area contributed by atoms with E-state index in [-0.39, 0.29) is 11.6 Å². The molecule has 2 aromatic heterocycles. The number of nitrogens with two attached hydrogens (primary N) is 1. The Bertz CT molecular complexity index is 568. The predicted octanol–water partition coefficient (Wildman–Crippen LogP) is -2.64. The topological polar surface area (TPSA) is 129 Å². The molecule has 0 amide bonds. The van der Waals surface area contributed by atoms with Crippen LogP contribution in [0.5, 0.6) is 0 Å². The molecule has 0 saturated carbocycles. The van der Waals surface area contributed by atoms with E-state index in [2.05, 4.69) is 15.1 Å². The summed E-state index contributed by atoms with van der Waals surface area (Å²) < 4.78 is 1.01. The first-order chi connectivity index (χ1) is 6.58. The zero-order valence-corrected chi connectivity index (χ0v) is 6.72. The number of carboxylic acid groups (broad SMARTS) is 1. The van der Waals surface area contributed by atoms with Gasteiger partial charge in [0, 0.05) is 6.07 Å². The third-order valence-corrected chi connectivity index (χ3v) is 1.55. The quantitative estimate of drug-likeness (QED) is 0.510. The second-order valence-electron chi connectivity index (χ2n) is 2.52. The van der Waals surface area contributed by atoms with E-state index in [4.69, 9.17) is 5.73 Å². The Morgan fingerprint density at radius 3 is 3.00 bits per heavy atom. The van der Waals surface area contributed by atoms with Crippen LogP contribution in [0.4, 0.5) is 5.82 Å². The zero-order valence-electron chi connectivity index (χ0n) is 6.72. The molecule has 0 fully saturated rings. The van der Waals surface area contributed by atoms with Gasteiger partial charge in [0.15, 0.2) is 5.82 Å². The number of rotatable bonds is 1. The molecule has 0 radical (unpaired) electrons. The molecule has 8 heteroatoms. The van der Waals surface area contributed by atoms with Crippen LogP contribution < -0.4 is 16.4 Å². The summed E-state index contributed by atoms with van der Waals surface area (Å²) in [6.45, 7) is 0. The van der Waals surface area contributed by atoms with Crippen molar-refractivity contribution in [2.75, 3.05) is 5.73 Å². The number of carboxylic acids is 1. The molecule has 2 aromatic rings. The molecule has 0 aliphatic heterocycles. The summed E-state index contributed by atoms with van der Waals surface area (Å²) in [4.78, 5) is 27.0. The highest BCUT2D eigenvalue weighted by Gasteiger charge is 2.07. The van der Waals surface area contributed by atoms with E-state index < -0.39 is 17.4 Å². The van der Waals surface area contributed by atoms with Gasteiger partial charge in [0.05, 0.1) is 0 Å². The van der Waals surface area contributed by atoms with Gasteiger partial charge in [-0.3, -0.25) is 9.78 Å². The number of nitrogen functional groups attached to an aromatic ring is 1. The third-order valence-electron chi connectivity index (χ3n) is 1.55. The fourth-order valence-electron chi connectivity index (χ4n) is 1.00. The number of hydrogen-bond acceptors (Lipinski definition) is 6. The Morgan fingerprint density at radius 2 is 2.36 bits per heavy atom. The average molecular weight is 194 g/mol. The molecular weight excluding hydrogens is 190 g/mol. The maximum Gasteiger partial charge on any atom is 0.254 e. The monoisotopic (exact) mass is 194 g/mol. The first-order valence-corrected chi connectivity index (χ1v) is 3.55. The summed E-state index contributed by atoms with van der Waals surface area (Å²) >= 11 is 0. The molecule has 8 nitrogen and oxygen atoms in total. The number of nitrogens with one attached hydrogen (secondary N) is 1. The second kappa shape index (κ2) is 2.55. The van der Waals surface area contributed by atoms with Gasteiger partial charge in [0.25, 0.3) is 5.56 Å². The highest BCUT2D eigenvalue weighted by atomic mass is 16.4. The number of carbonyl (C=O) groups is 1. The fraction of sp³-hybridized carbons (Fsp3) is 0. The van der Waals surface area contributed by atoms with Gasteiger partial charge in [-0.1, -0.05) is 0 Å². The normalized spacial score (nSPS) is 10.6. The lowest BCUT2D eigenvalue weighted by Gasteiger charge is -1.94. The van der Waals surface area contributed by atoms with Crippen molar-refractivity contribution in [3.8, 4) is 0 Å². The zero-order chi connectivity index (χ0) is 10.3. The van der Waals surface area contributed by atoms with Crippen LogP contribution in [0.3, 0.4) is 0 Å². The van der Waals surface area contributed by atoms with E-state index in [1.165, 1.54) is 0 Å². The van der Waals surface area contributed by atoms with Crippen LogP contribution in [0.25, 0.3) is 5.78 Å². The minimum absolute atomic E-state index is 0.00347. The number of fused-ring (bicyclic) bond motifs is 1. The maximum absolute atomic E-state index is 10.9. The number of aromatic amines is 1. The largest absolute Gasteiger partial charge is 0.541 e. The van der Waals surface area contributed by atoms with E-state index in [0.29, 0.717) is 0 Å². The number of H-pyrrole nitrogens is 1. The van der Waals surface area contributed by atoms with Gasteiger partial charge in [-0.15, -0.1) is 5.10 Å². The lowest BCUT2D eigenvalue weighted by atomic mass is 10.6. The van der Waals surface area contributed by atoms with Crippen LogP contribution in [0.2, 0.25) is 0 Å². The van der Waals surface area contributed by atoms with Crippen molar-refractivity contribution < 1.29 is 9.90 Å². The van der Waals surface area contributed by atoms with Gasteiger partial charge in [0.2, 0.25) is 5.78 Å². The van der Waals surface area contributed by atoms with Crippen LogP contribution in [0.15, 0.2) is 10.9 Å². The predicted molar refractivity (Wildman–Crippen MR) is 42.4 cm³/mol. The Labute approximate surface area is 76.0 Å². The molecule has 72 valence electrons. The highest BCUT2D eigenvalue weighted by molar-refractivity contribution is 5.81. The van der Waals surface area contributed by atoms with E-state index >= 15 is 0 Å². The first-order valence-electron chi connectivity index (χ1n) is 3.55. The molecule has 0 bridgehead atoms. The Balaban J connectivity index is 2.83. The number of aromatic carboxylic acids is 1. The molecule has 2 heterocycles. The van der Waals surface area contributed by atoms with Crippen molar-refractivity contribution in [2.45, 2.75) is 0 Å². The summed E-state index contributed by atoms with van der Waals surface area (Å²) in [7, 11) is 0. The summed E-state index contributed by atoms with van der Waals surface area (Å²) in [6, 6.07) is 1.07. The summed E-state index contributed by atoms with van der Waals surface area (Å²) in [5.41, 5.74) is 4.92. The van der Waals surface area contributed by atoms with Crippen molar-refractivity contribution in [1.82, 2.24) is 19.6 Å². The van der Waals surface area contributed by atoms with Crippen LogP contribution in [-0.2, 0) is 0 Å². The van der Waals surface area contributed by atoms with Gasteiger partial charge in [-0.05, 0) is 0 Å². The van der Waals surface area contributed by atoms with Crippen LogP contribution in [-0.4, -0.2) is 25.6 Å². The molecule has 14 heavy (non-hydrogen) atoms. The van der Waals surface area contributed by atoms with Crippen molar-refractivity contribution in [1.29, 1.82) is 0 Å². The van der Waals surface area contributed by atoms with Gasteiger partial charge in [0.1, 0.15) is 11.8 Å². The molecular formula is C6H4N5O3-. The molecule has 0 aliphatic rings. The Morgan fingerprint density at radius 1 is 1.64 bits per heavy atom. The lowest BCUT2D eigenvalue weighted by molar-refractivity contribution is -0.256. The van der Waals surface area contributed by atoms with Crippen LogP contribution in [0.1, 0.15) is 10.6 Å². The van der Waals surface area contributed by atoms with Crippen molar-refractivity contribution >= 4 is 17.6 Å². The number of nitrogens with zero attached hydrogens (tertiary/aromatic N) is 3. The van der Waals surface area contributed by atoms with Crippen LogP contribution >= 0.6 is 0 Å². The smallest absolute Gasteiger partial charge is 0.254 e. The fourth-order valence-corrected chi connectivity index (χ4v) is 1.00. The van der Waals surface area contributed by atoms with Gasteiger partial charge in [-0.2, -0.15) is 9.50 Å². The van der Waals surface area contributed by atoms with Crippen LogP contribution in [0, 0.1) is 0 Å². The minimum atomic E-state index is -1.53. The SMILES string of the molecule is Nc1cc(=O)[nH]c2nc(C(=O)[O-])nn12. The standard InChI is InChI=1S/C6H5N5O3/c7-2-1-3(12)8-6-9-4(5(13)14)10-11(2)6/h1H,7H2,(H,13,14)(H,8,9,10,12)/p-1. The molecule has 0 spiro atoms. The minimum Gasteiger partial charge on any atom is -0.541 e. The molecule has 0 unspecified atom stereocenters. The van der Waals surface area contributed by atoms with Crippen molar-refractivity contribution in [3.63, 3.8) is 0 Å². The molecule has 2 rings (SSSR count). The van der Waals surface area contributed by atoms with Gasteiger partial charge in [-0.25, -0.2) is 0 Å². The average Bonchev–Trinajstić information content (AvgIpc) is 2.47. The Kier molecular flexibility index (Phi) is 1.50. The third kappa shape index (κ3) is 1.09. The number of carbonyl (C=O) groups excluding carboxylic acids is 1. The Hall–Kier alpha value is -2.38. The summed E-state index contributed by atoms with van der Waals surface area (Å²) in [6.07, 6.45) is 0. The molecule has 3 N–H and O–H groups in total. The lowest BCUT2D eigenvalue weighted by Crippen LogP contribution is -2.23. The van der Waals surface area contributed by atoms with Crippen molar-refractivity contribution in [2.24, 2.45) is 0 Å². The van der Waals surface area contributed by atoms with E-state index in [1.807, 2.05) is 0 Å². The van der Waals surface area contributed by atoms with E-state index in [9.17, 15) is 14.7 Å². The number of hydrogen-bond donors (Lipinski definition) is 2. The molecule has 0 aromatic carbocycles. The first kappa shape index (κ1) is 8.23. The molecule has 0 aliphatic carbocycles. The second-order valence-corrected chi connectivity index (χ2v) is 2.52. The summed E-state index contributed by atoms with van der Waals surface area (Å²) in [5, 5.41) is 13.9. The molecule has 0 atom stereocenters. The highest BCUT2D eigenvalue weighted by Crippen LogP contribution is 2.00. The van der Waals surface area contributed by atoms with Gasteiger partial charge >= 0.3 is 0 Å². The van der Waals surface area contributed by atoms with E-state index in [1.54, 1.807) is 0 Å².